The molecule has 0 unspecified atom stereocenters. The van der Waals surface area contributed by atoms with Gasteiger partial charge in [0.1, 0.15) is 35.7 Å². The number of nitrogens with one attached hydrogen (secondary N) is 4. The lowest BCUT2D eigenvalue weighted by molar-refractivity contribution is -0.129. The van der Waals surface area contributed by atoms with Gasteiger partial charge in [-0.1, -0.05) is 102 Å². The quantitative estimate of drug-likeness (QED) is 0.0107. The first-order valence-electron chi connectivity index (χ1n) is 32.0. The maximum absolute atomic E-state index is 13.7. The summed E-state index contributed by atoms with van der Waals surface area (Å²) in [5.41, 5.74) is 6.75. The summed E-state index contributed by atoms with van der Waals surface area (Å²) in [6.45, 7) is 8.57. The first kappa shape index (κ1) is 74.6. The van der Waals surface area contributed by atoms with Crippen molar-refractivity contribution in [2.45, 2.75) is 68.5 Å². The molecule has 0 fully saturated rings. The van der Waals surface area contributed by atoms with Gasteiger partial charge in [-0.2, -0.15) is 0 Å². The Bertz CT molecular complexity index is 3210. The molecule has 0 saturated carbocycles. The molecule has 2 aromatic heterocycles. The van der Waals surface area contributed by atoms with Gasteiger partial charge in [-0.05, 0) is 91.4 Å². The van der Waals surface area contributed by atoms with Crippen molar-refractivity contribution < 1.29 is 71.7 Å². The van der Waals surface area contributed by atoms with Gasteiger partial charge in [0.05, 0.1) is 162 Å². The highest BCUT2D eigenvalue weighted by atomic mass is 32.2. The van der Waals surface area contributed by atoms with E-state index in [9.17, 15) is 24.3 Å². The number of aliphatic hydroxyl groups excluding tert-OH is 1. The van der Waals surface area contributed by atoms with Crippen LogP contribution in [0.1, 0.15) is 64.9 Å². The first-order chi connectivity index (χ1) is 46.8. The smallest absolute Gasteiger partial charge is 0.246 e. The molecule has 26 heteroatoms. The Labute approximate surface area is 559 Å². The van der Waals surface area contributed by atoms with Gasteiger partial charge >= 0.3 is 0 Å². The molecule has 2 amide bonds. The lowest BCUT2D eigenvalue weighted by Gasteiger charge is -2.37. The Hall–Kier alpha value is -7.75. The van der Waals surface area contributed by atoms with Gasteiger partial charge in [0, 0.05) is 31.2 Å². The number of nitrogens with zero attached hydrogens (tertiary/aromatic N) is 6. The number of aliphatic hydroxyl groups is 1. The molecule has 0 spiro atoms. The number of anilines is 1. The molecular weight excluding hydrogens is 1240 g/mol. The highest BCUT2D eigenvalue weighted by Gasteiger charge is 2.36. The van der Waals surface area contributed by atoms with E-state index in [0.717, 1.165) is 52.2 Å². The first-order valence-corrected chi connectivity index (χ1v) is 33.3. The average Bonchev–Trinajstić information content (AvgIpc) is 1.40. The number of unbranched alkanes of at least 4 members (excludes halogenated alkanes) is 1. The minimum absolute atomic E-state index is 0.109. The minimum atomic E-state index is -0.907. The van der Waals surface area contributed by atoms with E-state index in [1.54, 1.807) is 42.3 Å². The Balaban J connectivity index is 0.644. The van der Waals surface area contributed by atoms with Crippen LogP contribution in [0.3, 0.4) is 0 Å². The number of hydrogen-bond acceptors (Lipinski definition) is 23. The molecule has 512 valence electrons. The van der Waals surface area contributed by atoms with Gasteiger partial charge in [0.25, 0.3) is 0 Å². The molecule has 0 radical (unpaired) electrons. The van der Waals surface area contributed by atoms with Crippen LogP contribution in [0.5, 0.6) is 5.75 Å². The summed E-state index contributed by atoms with van der Waals surface area (Å²) in [6.07, 6.45) is 8.64. The molecule has 7 rings (SSSR count). The van der Waals surface area contributed by atoms with Gasteiger partial charge in [0.15, 0.2) is 11.1 Å². The van der Waals surface area contributed by atoms with E-state index < -0.39 is 30.0 Å². The van der Waals surface area contributed by atoms with E-state index in [1.807, 2.05) is 71.8 Å². The molecule has 25 nitrogen and oxygen atoms in total. The van der Waals surface area contributed by atoms with Gasteiger partial charge in [-0.3, -0.25) is 14.9 Å². The van der Waals surface area contributed by atoms with Gasteiger partial charge in [-0.25, -0.2) is 24.2 Å². The number of carbonyl (C=O) groups excluding carboxylic acids is 4. The van der Waals surface area contributed by atoms with E-state index in [1.165, 1.54) is 11.8 Å². The van der Waals surface area contributed by atoms with Crippen molar-refractivity contribution in [1.29, 1.82) is 0 Å². The lowest BCUT2D eigenvalue weighted by Crippen LogP contribution is -2.46. The predicted octanol–water partition coefficient (Wildman–Crippen LogP) is 5.24. The van der Waals surface area contributed by atoms with Crippen molar-refractivity contribution in [3.05, 3.63) is 166 Å². The fraction of sp³-hybridized carbons (Fsp3) is 0.478. The normalized spacial score (nSPS) is 12.3. The van der Waals surface area contributed by atoms with Gasteiger partial charge in [-0.15, -0.1) is 5.10 Å². The van der Waals surface area contributed by atoms with Crippen LogP contribution in [-0.4, -0.2) is 217 Å². The number of hydrogen-bond donors (Lipinski definition) is 5. The van der Waals surface area contributed by atoms with Crippen LogP contribution in [0.25, 0.3) is 5.70 Å². The molecule has 95 heavy (non-hydrogen) atoms. The standard InChI is InChI=1S/C69H90N10O15S/c1-85-61-24-20-57(21-25-61)69(55-12-5-3-6-13-55,56-14-7-4-8-15-56)72-26-10-9-17-63(67(84)73-58-22-18-54(49-80)19-23-58)74-66(83)53-94-52-60(50-81)70-27-30-86-32-34-88-36-38-90-40-42-92-44-45-93-43-41-91-39-37-89-35-33-87-31-29-79-47-59(76-77-79)16-11-28-78-48-64-62(65(78)51-82)46-71-68(75-64)95-2/h3-8,12-15,18-25,46-47,63,70,72,80H,9-11,16-17,26-45,48-49,52-53H2,1-2H3,(H,73,84)(H,74,83)/t63-/m0/s1. The van der Waals surface area contributed by atoms with Crippen LogP contribution in [0, 0.1) is 0 Å². The maximum atomic E-state index is 13.7. The fourth-order valence-electron chi connectivity index (χ4n) is 10.2. The molecule has 0 saturated heterocycles. The zero-order chi connectivity index (χ0) is 66.8. The number of amides is 2. The minimum Gasteiger partial charge on any atom is -0.497 e. The van der Waals surface area contributed by atoms with E-state index >= 15 is 0 Å². The molecule has 3 heterocycles. The van der Waals surface area contributed by atoms with E-state index in [2.05, 4.69) is 83.9 Å². The number of carbonyl (C=O) groups is 2. The van der Waals surface area contributed by atoms with Crippen molar-refractivity contribution >= 4 is 46.8 Å². The highest BCUT2D eigenvalue weighted by Crippen LogP contribution is 2.38. The number of aryl methyl sites for hydroxylation is 1. The summed E-state index contributed by atoms with van der Waals surface area (Å²) >= 11 is 1.47. The number of thioether (sulfide) groups is 1. The highest BCUT2D eigenvalue weighted by molar-refractivity contribution is 7.98. The monoisotopic (exact) mass is 1330 g/mol. The van der Waals surface area contributed by atoms with Crippen molar-refractivity contribution in [2.75, 3.05) is 157 Å². The van der Waals surface area contributed by atoms with E-state index in [0.29, 0.717) is 173 Å². The second-order valence-electron chi connectivity index (χ2n) is 21.7. The largest absolute Gasteiger partial charge is 0.497 e. The summed E-state index contributed by atoms with van der Waals surface area (Å²) < 4.78 is 57.6. The number of benzene rings is 4. The van der Waals surface area contributed by atoms with Crippen molar-refractivity contribution in [1.82, 2.24) is 45.8 Å². The molecule has 1 aliphatic rings. The molecule has 0 bridgehead atoms. The number of fused-ring (bicyclic) bond motifs is 1. The molecule has 4 aromatic carbocycles. The molecule has 5 N–H and O–H groups in total. The molecule has 1 atom stereocenters. The molecule has 0 aliphatic carbocycles. The zero-order valence-corrected chi connectivity index (χ0v) is 55.2. The third-order valence-corrected chi connectivity index (χ3v) is 15.6. The Morgan fingerprint density at radius 2 is 1.24 bits per heavy atom. The SMILES string of the molecule is COc1ccc(C(NCCCC[C@H](NC(=O)COCC(=C=O)NCCOCCOCCOCCOCCOCCOCCOCCOCCn2cc(CCCN3Cc4nc(SC)ncc4C3=C=O)nn2)C(=O)Nc2ccc(CO)cc2)(c2ccccc2)c2ccccc2)cc1. The maximum Gasteiger partial charge on any atom is 0.246 e. The van der Waals surface area contributed by atoms with Crippen molar-refractivity contribution in [3.8, 4) is 5.75 Å². The summed E-state index contributed by atoms with van der Waals surface area (Å²) in [6, 6.07) is 34.4. The average molecular weight is 1330 g/mol. The number of aromatic nitrogens is 5. The summed E-state index contributed by atoms with van der Waals surface area (Å²) in [7, 11) is 1.64. The Kier molecular flexibility index (Phi) is 34.6. The summed E-state index contributed by atoms with van der Waals surface area (Å²) in [5, 5.41) is 31.2. The topological polar surface area (TPSA) is 289 Å². The van der Waals surface area contributed by atoms with Crippen LogP contribution in [0.15, 0.2) is 132 Å². The van der Waals surface area contributed by atoms with Crippen LogP contribution in [-0.2, 0) is 93.5 Å². The van der Waals surface area contributed by atoms with Crippen LogP contribution in [0.2, 0.25) is 0 Å². The van der Waals surface area contributed by atoms with Crippen molar-refractivity contribution in [3.63, 3.8) is 0 Å². The molecule has 1 aliphatic heterocycles. The lowest BCUT2D eigenvalue weighted by atomic mass is 9.77. The van der Waals surface area contributed by atoms with Crippen LogP contribution >= 0.6 is 11.8 Å². The Morgan fingerprint density at radius 3 is 1.80 bits per heavy atom. The predicted molar refractivity (Wildman–Crippen MR) is 357 cm³/mol. The summed E-state index contributed by atoms with van der Waals surface area (Å²) in [5.74, 6) is 3.69. The van der Waals surface area contributed by atoms with Crippen LogP contribution in [0.4, 0.5) is 5.69 Å². The Morgan fingerprint density at radius 1 is 0.663 bits per heavy atom. The third-order valence-electron chi connectivity index (χ3n) is 15.0. The second kappa shape index (κ2) is 44.1. The van der Waals surface area contributed by atoms with Gasteiger partial charge < -0.3 is 73.3 Å². The summed E-state index contributed by atoms with van der Waals surface area (Å²) in [4.78, 5) is 61.3. The van der Waals surface area contributed by atoms with E-state index in [-0.39, 0.29) is 25.5 Å². The molecular formula is C69H90N10O15S. The second-order valence-corrected chi connectivity index (χ2v) is 22.4. The number of rotatable bonds is 51. The molecule has 6 aromatic rings. The van der Waals surface area contributed by atoms with Crippen LogP contribution < -0.4 is 26.0 Å². The number of methoxy groups -OCH3 is 1. The van der Waals surface area contributed by atoms with E-state index in [4.69, 9.17) is 47.4 Å². The zero-order valence-electron chi connectivity index (χ0n) is 54.4. The third kappa shape index (κ3) is 26.1. The van der Waals surface area contributed by atoms with Gasteiger partial charge in [0.2, 0.25) is 11.8 Å². The number of ether oxygens (including phenoxy) is 10. The fourth-order valence-corrected chi connectivity index (χ4v) is 10.6. The van der Waals surface area contributed by atoms with Crippen molar-refractivity contribution in [2.24, 2.45) is 0 Å².